The molecule has 0 aliphatic carbocycles. The van der Waals surface area contributed by atoms with Crippen molar-refractivity contribution in [2.45, 2.75) is 213 Å². The molecule has 0 aliphatic heterocycles. The Labute approximate surface area is 380 Å². The Kier molecular flexibility index (Phi) is 46.6. The fourth-order valence-corrected chi connectivity index (χ4v) is 6.27. The number of rotatable bonds is 43. The second kappa shape index (κ2) is 49.7. The molecule has 0 saturated heterocycles. The zero-order valence-corrected chi connectivity index (χ0v) is 39.8. The lowest BCUT2D eigenvalue weighted by atomic mass is 10.1. The first-order valence-electron chi connectivity index (χ1n) is 24.9. The van der Waals surface area contributed by atoms with Crippen molar-refractivity contribution in [2.24, 2.45) is 0 Å². The highest BCUT2D eigenvalue weighted by Gasteiger charge is 2.19. The molecule has 0 rings (SSSR count). The van der Waals surface area contributed by atoms with Gasteiger partial charge < -0.3 is 14.2 Å². The molecule has 0 N–H and O–H groups in total. The van der Waals surface area contributed by atoms with Gasteiger partial charge in [0.05, 0.1) is 0 Å². The normalized spacial score (nSPS) is 13.0. The van der Waals surface area contributed by atoms with Crippen LogP contribution in [0.2, 0.25) is 0 Å². The molecule has 6 heteroatoms. The third-order valence-corrected chi connectivity index (χ3v) is 10.0. The Balaban J connectivity index is 4.25. The van der Waals surface area contributed by atoms with Gasteiger partial charge in [-0.1, -0.05) is 188 Å². The topological polar surface area (TPSA) is 78.9 Å². The Morgan fingerprint density at radius 2 is 0.629 bits per heavy atom. The maximum absolute atomic E-state index is 12.7. The predicted molar refractivity (Wildman–Crippen MR) is 265 cm³/mol. The van der Waals surface area contributed by atoms with Crippen molar-refractivity contribution in [3.63, 3.8) is 0 Å². The lowest BCUT2D eigenvalue weighted by Gasteiger charge is -2.18. The highest BCUT2D eigenvalue weighted by Crippen LogP contribution is 2.12. The van der Waals surface area contributed by atoms with E-state index in [1.165, 1.54) is 32.1 Å². The minimum absolute atomic E-state index is 0.0978. The summed E-state index contributed by atoms with van der Waals surface area (Å²) in [5, 5.41) is 0. The molecule has 0 radical (unpaired) electrons. The van der Waals surface area contributed by atoms with E-state index in [2.05, 4.69) is 130 Å². The van der Waals surface area contributed by atoms with Crippen molar-refractivity contribution in [3.8, 4) is 0 Å². The number of hydrogen-bond acceptors (Lipinski definition) is 6. The van der Waals surface area contributed by atoms with Gasteiger partial charge in [0, 0.05) is 19.3 Å². The van der Waals surface area contributed by atoms with E-state index in [1.54, 1.807) is 0 Å². The lowest BCUT2D eigenvalue weighted by molar-refractivity contribution is -0.167. The summed E-state index contributed by atoms with van der Waals surface area (Å²) in [5.41, 5.74) is 0. The van der Waals surface area contributed by atoms with Crippen molar-refractivity contribution in [2.75, 3.05) is 13.2 Å². The van der Waals surface area contributed by atoms with Crippen molar-refractivity contribution in [3.05, 3.63) is 109 Å². The van der Waals surface area contributed by atoms with Crippen LogP contribution in [0.25, 0.3) is 0 Å². The van der Waals surface area contributed by atoms with Gasteiger partial charge in [0.15, 0.2) is 6.10 Å². The summed E-state index contributed by atoms with van der Waals surface area (Å²) in [6.45, 7) is 6.34. The third-order valence-electron chi connectivity index (χ3n) is 10.0. The van der Waals surface area contributed by atoms with E-state index in [9.17, 15) is 14.4 Å². The summed E-state index contributed by atoms with van der Waals surface area (Å²) in [6.07, 6.45) is 66.9. The molecule has 0 amide bonds. The molecule has 0 heterocycles. The van der Waals surface area contributed by atoms with Crippen molar-refractivity contribution in [1.82, 2.24) is 0 Å². The molecule has 1 atom stereocenters. The van der Waals surface area contributed by atoms with E-state index in [1.807, 2.05) is 0 Å². The SMILES string of the molecule is CC/C=C\C/C=C\C/C=C\C/C=C\C/C=C\C/C=C\C/C=C\C/C=C\CCCCC(=O)OCC(COC(=O)CCCCCCC)OC(=O)CCCCCCC/C=C\CCCCC. The van der Waals surface area contributed by atoms with E-state index in [4.69, 9.17) is 14.2 Å². The van der Waals surface area contributed by atoms with Crippen LogP contribution < -0.4 is 0 Å². The number of unbranched alkanes of at least 4 members (excludes halogenated alkanes) is 14. The first-order valence-corrected chi connectivity index (χ1v) is 24.9. The highest BCUT2D eigenvalue weighted by molar-refractivity contribution is 5.71. The lowest BCUT2D eigenvalue weighted by Crippen LogP contribution is -2.30. The van der Waals surface area contributed by atoms with E-state index >= 15 is 0 Å². The highest BCUT2D eigenvalue weighted by atomic mass is 16.6. The monoisotopic (exact) mass is 859 g/mol. The first-order chi connectivity index (χ1) is 30.5. The van der Waals surface area contributed by atoms with Crippen LogP contribution >= 0.6 is 0 Å². The molecule has 0 bridgehead atoms. The zero-order chi connectivity index (χ0) is 45.1. The summed E-state index contributed by atoms with van der Waals surface area (Å²) in [6, 6.07) is 0. The van der Waals surface area contributed by atoms with Gasteiger partial charge in [-0.05, 0) is 109 Å². The van der Waals surface area contributed by atoms with Crippen LogP contribution in [0.4, 0.5) is 0 Å². The van der Waals surface area contributed by atoms with Crippen molar-refractivity contribution >= 4 is 17.9 Å². The third kappa shape index (κ3) is 47.1. The van der Waals surface area contributed by atoms with Gasteiger partial charge in [-0.15, -0.1) is 0 Å². The fourth-order valence-electron chi connectivity index (χ4n) is 6.27. The largest absolute Gasteiger partial charge is 0.462 e. The second-order valence-corrected chi connectivity index (χ2v) is 16.0. The number of esters is 3. The van der Waals surface area contributed by atoms with Crippen LogP contribution in [0, 0.1) is 0 Å². The minimum Gasteiger partial charge on any atom is -0.462 e. The summed E-state index contributed by atoms with van der Waals surface area (Å²) in [4.78, 5) is 37.5. The predicted octanol–water partition coefficient (Wildman–Crippen LogP) is 16.4. The van der Waals surface area contributed by atoms with Gasteiger partial charge in [0.25, 0.3) is 0 Å². The molecule has 62 heavy (non-hydrogen) atoms. The summed E-state index contributed by atoms with van der Waals surface area (Å²) >= 11 is 0. The zero-order valence-electron chi connectivity index (χ0n) is 39.8. The molecule has 0 saturated carbocycles. The molecule has 0 aromatic carbocycles. The van der Waals surface area contributed by atoms with Crippen molar-refractivity contribution < 1.29 is 28.6 Å². The Morgan fingerprint density at radius 3 is 1.06 bits per heavy atom. The second-order valence-electron chi connectivity index (χ2n) is 16.0. The van der Waals surface area contributed by atoms with Crippen LogP contribution in [0.15, 0.2) is 109 Å². The molecule has 0 spiro atoms. The van der Waals surface area contributed by atoms with Crippen LogP contribution in [0.1, 0.15) is 207 Å². The van der Waals surface area contributed by atoms with Gasteiger partial charge in [-0.25, -0.2) is 0 Å². The Hall–Kier alpha value is -3.93. The molecule has 6 nitrogen and oxygen atoms in total. The molecule has 1 unspecified atom stereocenters. The number of hydrogen-bond donors (Lipinski definition) is 0. The van der Waals surface area contributed by atoms with Crippen LogP contribution in [0.3, 0.4) is 0 Å². The fraction of sp³-hybridized carbons (Fsp3) is 0.625. The maximum atomic E-state index is 12.7. The Morgan fingerprint density at radius 1 is 0.339 bits per heavy atom. The summed E-state index contributed by atoms with van der Waals surface area (Å²) < 4.78 is 16.6. The average Bonchev–Trinajstić information content (AvgIpc) is 3.27. The smallest absolute Gasteiger partial charge is 0.306 e. The van der Waals surface area contributed by atoms with Crippen molar-refractivity contribution in [1.29, 1.82) is 0 Å². The number of carbonyl (C=O) groups is 3. The summed E-state index contributed by atoms with van der Waals surface area (Å²) in [7, 11) is 0. The minimum atomic E-state index is -0.796. The summed E-state index contributed by atoms with van der Waals surface area (Å²) in [5.74, 6) is -0.976. The molecule has 0 aliphatic rings. The molecule has 0 fully saturated rings. The van der Waals surface area contributed by atoms with Gasteiger partial charge >= 0.3 is 17.9 Å². The van der Waals surface area contributed by atoms with Gasteiger partial charge in [-0.3, -0.25) is 14.4 Å². The van der Waals surface area contributed by atoms with E-state index in [-0.39, 0.29) is 31.1 Å². The maximum Gasteiger partial charge on any atom is 0.306 e. The number of ether oxygens (including phenoxy) is 3. The van der Waals surface area contributed by atoms with Gasteiger partial charge in [0.2, 0.25) is 0 Å². The van der Waals surface area contributed by atoms with E-state index in [0.717, 1.165) is 128 Å². The first kappa shape index (κ1) is 58.1. The molecule has 0 aromatic rings. The standard InChI is InChI=1S/C56H90O6/c1-4-7-10-13-15-17-19-21-22-23-24-25-26-27-28-29-30-31-32-33-34-35-37-38-40-43-46-49-55(58)61-52-53(51-60-54(57)48-45-42-12-9-6-3)62-56(59)50-47-44-41-39-36-20-18-16-14-11-8-5-2/h7,10,15-18,21-22,24-25,27-28,30-31,33-34,37-38,53H,4-6,8-9,11-14,19-20,23,26,29,32,35-36,39-52H2,1-3H3/b10-7-,17-15-,18-16-,22-21-,25-24-,28-27-,31-30-,34-33-,38-37-. The molecule has 0 aromatic heterocycles. The Bertz CT molecular complexity index is 1310. The quantitative estimate of drug-likeness (QED) is 0.0263. The van der Waals surface area contributed by atoms with Crippen LogP contribution in [0.5, 0.6) is 0 Å². The van der Waals surface area contributed by atoms with Crippen LogP contribution in [-0.2, 0) is 28.6 Å². The number of carbonyl (C=O) groups excluding carboxylic acids is 3. The van der Waals surface area contributed by atoms with Crippen LogP contribution in [-0.4, -0.2) is 37.2 Å². The average molecular weight is 859 g/mol. The van der Waals surface area contributed by atoms with Gasteiger partial charge in [-0.2, -0.15) is 0 Å². The van der Waals surface area contributed by atoms with Gasteiger partial charge in [0.1, 0.15) is 13.2 Å². The molecular weight excluding hydrogens is 769 g/mol. The van der Waals surface area contributed by atoms with E-state index in [0.29, 0.717) is 25.7 Å². The number of allylic oxidation sites excluding steroid dienone is 18. The molecule has 350 valence electrons. The molecular formula is C56H90O6. The van der Waals surface area contributed by atoms with E-state index < -0.39 is 6.10 Å².